The summed E-state index contributed by atoms with van der Waals surface area (Å²) in [6.07, 6.45) is 2.00. The van der Waals surface area contributed by atoms with Gasteiger partial charge in [0, 0.05) is 11.6 Å². The van der Waals surface area contributed by atoms with Crippen LogP contribution < -0.4 is 5.32 Å². The smallest absolute Gasteiger partial charge is 0.241 e. The highest BCUT2D eigenvalue weighted by atomic mass is 16.7. The van der Waals surface area contributed by atoms with Gasteiger partial charge in [-0.1, -0.05) is 12.1 Å². The average Bonchev–Trinajstić information content (AvgIpc) is 3.12. The first-order valence-corrected chi connectivity index (χ1v) is 8.90. The number of nitrogens with zero attached hydrogens (tertiary/aromatic N) is 1. The fraction of sp³-hybridized carbons (Fsp3) is 0.632. The molecule has 0 aliphatic carbocycles. The zero-order chi connectivity index (χ0) is 17.1. The summed E-state index contributed by atoms with van der Waals surface area (Å²) < 4.78 is 11.2. The maximum absolute atomic E-state index is 12.6. The second-order valence-corrected chi connectivity index (χ2v) is 6.97. The number of anilines is 1. The van der Waals surface area contributed by atoms with Gasteiger partial charge in [0.25, 0.3) is 0 Å². The maximum Gasteiger partial charge on any atom is 0.241 e. The zero-order valence-corrected chi connectivity index (χ0v) is 14.9. The van der Waals surface area contributed by atoms with E-state index in [2.05, 4.69) is 16.3 Å². The Bertz CT molecular complexity index is 576. The molecule has 1 amide bonds. The molecule has 5 nitrogen and oxygen atoms in total. The van der Waals surface area contributed by atoms with Gasteiger partial charge in [-0.05, 0) is 63.9 Å². The molecule has 5 heteroatoms. The number of hydrogen-bond acceptors (Lipinski definition) is 4. The van der Waals surface area contributed by atoms with E-state index in [1.807, 2.05) is 32.9 Å². The van der Waals surface area contributed by atoms with Crippen molar-refractivity contribution in [3.8, 4) is 0 Å². The maximum atomic E-state index is 12.6. The second kappa shape index (κ2) is 7.64. The van der Waals surface area contributed by atoms with Crippen LogP contribution in [0.1, 0.15) is 30.9 Å². The SMILES string of the molecule is Cc1ccc(C)c(NC(=O)C(C)N2CCC(C3OCCO3)CC2)c1. The van der Waals surface area contributed by atoms with Crippen molar-refractivity contribution >= 4 is 11.6 Å². The topological polar surface area (TPSA) is 50.8 Å². The van der Waals surface area contributed by atoms with E-state index in [0.717, 1.165) is 42.7 Å². The molecule has 132 valence electrons. The number of nitrogens with one attached hydrogen (secondary N) is 1. The van der Waals surface area contributed by atoms with Crippen molar-refractivity contribution in [3.05, 3.63) is 29.3 Å². The minimum absolute atomic E-state index is 0.0359. The molecule has 1 atom stereocenters. The van der Waals surface area contributed by atoms with Crippen LogP contribution in [0.25, 0.3) is 0 Å². The molecule has 0 aromatic heterocycles. The Morgan fingerprint density at radius 3 is 2.54 bits per heavy atom. The van der Waals surface area contributed by atoms with Gasteiger partial charge in [-0.2, -0.15) is 0 Å². The number of benzene rings is 1. The third kappa shape index (κ3) is 3.97. The number of amides is 1. The lowest BCUT2D eigenvalue weighted by Crippen LogP contribution is -2.47. The minimum Gasteiger partial charge on any atom is -0.350 e. The number of carbonyl (C=O) groups excluding carboxylic acids is 1. The highest BCUT2D eigenvalue weighted by Crippen LogP contribution is 2.27. The van der Waals surface area contributed by atoms with Crippen LogP contribution in [0, 0.1) is 19.8 Å². The van der Waals surface area contributed by atoms with Crippen LogP contribution in [0.5, 0.6) is 0 Å². The minimum atomic E-state index is -0.128. The molecule has 1 aromatic rings. The predicted octanol–water partition coefficient (Wildman–Crippen LogP) is 2.72. The second-order valence-electron chi connectivity index (χ2n) is 6.97. The van der Waals surface area contributed by atoms with E-state index in [-0.39, 0.29) is 18.2 Å². The van der Waals surface area contributed by atoms with Crippen LogP contribution in [0.2, 0.25) is 0 Å². The Morgan fingerprint density at radius 2 is 1.88 bits per heavy atom. The molecule has 0 saturated carbocycles. The van der Waals surface area contributed by atoms with Gasteiger partial charge in [-0.3, -0.25) is 9.69 Å². The first kappa shape index (κ1) is 17.4. The van der Waals surface area contributed by atoms with Crippen molar-refractivity contribution in [3.63, 3.8) is 0 Å². The fourth-order valence-corrected chi connectivity index (χ4v) is 3.50. The van der Waals surface area contributed by atoms with Gasteiger partial charge < -0.3 is 14.8 Å². The molecule has 2 aliphatic heterocycles. The Kier molecular flexibility index (Phi) is 5.54. The zero-order valence-electron chi connectivity index (χ0n) is 14.9. The molecule has 1 aromatic carbocycles. The Morgan fingerprint density at radius 1 is 1.21 bits per heavy atom. The molecule has 2 heterocycles. The standard InChI is InChI=1S/C19H28N2O3/c1-13-4-5-14(2)17(12-13)20-18(22)15(3)21-8-6-16(7-9-21)19-23-10-11-24-19/h4-5,12,15-16,19H,6-11H2,1-3H3,(H,20,22). The molecule has 24 heavy (non-hydrogen) atoms. The van der Waals surface area contributed by atoms with Gasteiger partial charge in [0.05, 0.1) is 19.3 Å². The molecular formula is C19H28N2O3. The summed E-state index contributed by atoms with van der Waals surface area (Å²) in [6.45, 7) is 9.29. The molecule has 2 aliphatic rings. The van der Waals surface area contributed by atoms with Crippen LogP contribution >= 0.6 is 0 Å². The van der Waals surface area contributed by atoms with Crippen LogP contribution in [0.15, 0.2) is 18.2 Å². The molecule has 1 unspecified atom stereocenters. The van der Waals surface area contributed by atoms with Gasteiger partial charge in [-0.15, -0.1) is 0 Å². The van der Waals surface area contributed by atoms with Crippen molar-refractivity contribution in [1.29, 1.82) is 0 Å². The third-order valence-electron chi connectivity index (χ3n) is 5.18. The predicted molar refractivity (Wildman–Crippen MR) is 94.0 cm³/mol. The summed E-state index contributed by atoms with van der Waals surface area (Å²) >= 11 is 0. The first-order chi connectivity index (χ1) is 11.5. The third-order valence-corrected chi connectivity index (χ3v) is 5.18. The molecule has 0 bridgehead atoms. The largest absolute Gasteiger partial charge is 0.350 e. The van der Waals surface area contributed by atoms with Gasteiger partial charge >= 0.3 is 0 Å². The lowest BCUT2D eigenvalue weighted by Gasteiger charge is -2.36. The molecule has 3 rings (SSSR count). The lowest BCUT2D eigenvalue weighted by atomic mass is 9.95. The number of hydrogen-bond donors (Lipinski definition) is 1. The van der Waals surface area contributed by atoms with E-state index in [1.54, 1.807) is 0 Å². The van der Waals surface area contributed by atoms with Crippen molar-refractivity contribution < 1.29 is 14.3 Å². The summed E-state index contributed by atoms with van der Waals surface area (Å²) in [5.74, 6) is 0.522. The molecule has 0 spiro atoms. The monoisotopic (exact) mass is 332 g/mol. The summed E-state index contributed by atoms with van der Waals surface area (Å²) in [7, 11) is 0. The van der Waals surface area contributed by atoms with Crippen LogP contribution in [0.4, 0.5) is 5.69 Å². The first-order valence-electron chi connectivity index (χ1n) is 8.90. The summed E-state index contributed by atoms with van der Waals surface area (Å²) in [5, 5.41) is 3.08. The van der Waals surface area contributed by atoms with Crippen LogP contribution in [0.3, 0.4) is 0 Å². The van der Waals surface area contributed by atoms with Crippen molar-refractivity contribution in [2.24, 2.45) is 5.92 Å². The average molecular weight is 332 g/mol. The Labute approximate surface area is 144 Å². The van der Waals surface area contributed by atoms with E-state index in [9.17, 15) is 4.79 Å². The van der Waals surface area contributed by atoms with Crippen LogP contribution in [-0.2, 0) is 14.3 Å². The van der Waals surface area contributed by atoms with Crippen molar-refractivity contribution in [2.75, 3.05) is 31.6 Å². The summed E-state index contributed by atoms with van der Waals surface area (Å²) in [5.41, 5.74) is 3.16. The highest BCUT2D eigenvalue weighted by Gasteiger charge is 2.33. The lowest BCUT2D eigenvalue weighted by molar-refractivity contribution is -0.123. The number of piperidine rings is 1. The number of rotatable bonds is 4. The highest BCUT2D eigenvalue weighted by molar-refractivity contribution is 5.95. The summed E-state index contributed by atoms with van der Waals surface area (Å²) in [4.78, 5) is 14.9. The van der Waals surface area contributed by atoms with Gasteiger partial charge in [0.1, 0.15) is 0 Å². The summed E-state index contributed by atoms with van der Waals surface area (Å²) in [6, 6.07) is 6.01. The normalized spacial score (nSPS) is 21.8. The van der Waals surface area contributed by atoms with Gasteiger partial charge in [0.15, 0.2) is 6.29 Å². The number of aryl methyl sites for hydroxylation is 2. The van der Waals surface area contributed by atoms with E-state index in [1.165, 1.54) is 0 Å². The van der Waals surface area contributed by atoms with E-state index in [0.29, 0.717) is 19.1 Å². The number of carbonyl (C=O) groups is 1. The van der Waals surface area contributed by atoms with Crippen molar-refractivity contribution in [2.45, 2.75) is 45.9 Å². The van der Waals surface area contributed by atoms with Gasteiger partial charge in [0.2, 0.25) is 5.91 Å². The Hall–Kier alpha value is -1.43. The van der Waals surface area contributed by atoms with E-state index in [4.69, 9.17) is 9.47 Å². The van der Waals surface area contributed by atoms with Crippen LogP contribution in [-0.4, -0.2) is 49.4 Å². The molecule has 2 saturated heterocycles. The van der Waals surface area contributed by atoms with Gasteiger partial charge in [-0.25, -0.2) is 0 Å². The number of ether oxygens (including phenoxy) is 2. The van der Waals surface area contributed by atoms with Crippen molar-refractivity contribution in [1.82, 2.24) is 4.90 Å². The fourth-order valence-electron chi connectivity index (χ4n) is 3.50. The number of likely N-dealkylation sites (tertiary alicyclic amines) is 1. The molecule has 0 radical (unpaired) electrons. The molecule has 2 fully saturated rings. The molecule has 1 N–H and O–H groups in total. The van der Waals surface area contributed by atoms with E-state index >= 15 is 0 Å². The molecular weight excluding hydrogens is 304 g/mol. The Balaban J connectivity index is 1.53. The van der Waals surface area contributed by atoms with E-state index < -0.39 is 0 Å². The quantitative estimate of drug-likeness (QED) is 0.921.